The summed E-state index contributed by atoms with van der Waals surface area (Å²) in [5, 5.41) is 8.89. The molecule has 1 aromatic heterocycles. The first kappa shape index (κ1) is 21.8. The number of furan rings is 1. The van der Waals surface area contributed by atoms with Crippen molar-refractivity contribution in [2.75, 3.05) is 11.9 Å². The Morgan fingerprint density at radius 2 is 1.73 bits per heavy atom. The van der Waals surface area contributed by atoms with E-state index in [1.807, 2.05) is 38.1 Å². The van der Waals surface area contributed by atoms with E-state index in [2.05, 4.69) is 31.9 Å². The van der Waals surface area contributed by atoms with Crippen molar-refractivity contribution in [3.05, 3.63) is 88.3 Å². The smallest absolute Gasteiger partial charge is 0.253 e. The van der Waals surface area contributed by atoms with Crippen LogP contribution in [0.2, 0.25) is 0 Å². The molecule has 2 amide bonds. The van der Waals surface area contributed by atoms with Gasteiger partial charge in [-0.2, -0.15) is 0 Å². The number of amides is 2. The zero-order valence-corrected chi connectivity index (χ0v) is 18.5. The van der Waals surface area contributed by atoms with Gasteiger partial charge >= 0.3 is 0 Å². The lowest BCUT2D eigenvalue weighted by atomic mass is 9.94. The summed E-state index contributed by atoms with van der Waals surface area (Å²) in [6.45, 7) is 4.40. The van der Waals surface area contributed by atoms with Gasteiger partial charge in [0.15, 0.2) is 0 Å². The number of rotatable bonds is 8. The monoisotopic (exact) mass is 469 g/mol. The predicted molar refractivity (Wildman–Crippen MR) is 120 cm³/mol. The van der Waals surface area contributed by atoms with Gasteiger partial charge in [0, 0.05) is 10.0 Å². The molecule has 6 nitrogen and oxygen atoms in total. The molecule has 0 atom stereocenters. The first-order valence-electron chi connectivity index (χ1n) is 9.56. The van der Waals surface area contributed by atoms with Crippen molar-refractivity contribution in [1.29, 1.82) is 0 Å². The topological polar surface area (TPSA) is 83.4 Å². The van der Waals surface area contributed by atoms with Gasteiger partial charge in [0.1, 0.15) is 5.76 Å². The van der Waals surface area contributed by atoms with Crippen molar-refractivity contribution in [3.8, 4) is 0 Å². The zero-order valence-electron chi connectivity index (χ0n) is 16.9. The summed E-state index contributed by atoms with van der Waals surface area (Å²) in [5.41, 5.74) is 1.53. The van der Waals surface area contributed by atoms with Crippen LogP contribution in [0.15, 0.2) is 75.8 Å². The number of para-hydroxylation sites is 1. The van der Waals surface area contributed by atoms with Crippen molar-refractivity contribution in [3.63, 3.8) is 0 Å². The Bertz CT molecular complexity index is 999. The highest BCUT2D eigenvalue weighted by Gasteiger charge is 2.21. The van der Waals surface area contributed by atoms with Crippen LogP contribution in [0, 0.1) is 0 Å². The molecule has 3 aromatic rings. The average Bonchev–Trinajstić information content (AvgIpc) is 3.25. The number of carbonyl (C=O) groups is 2. The lowest BCUT2D eigenvalue weighted by molar-refractivity contribution is -0.115. The molecule has 1 heterocycles. The fourth-order valence-electron chi connectivity index (χ4n) is 2.93. The number of nitrogens with one attached hydrogen (secondary N) is 3. The second kappa shape index (κ2) is 9.73. The lowest BCUT2D eigenvalue weighted by Crippen LogP contribution is -2.41. The zero-order chi connectivity index (χ0) is 21.6. The van der Waals surface area contributed by atoms with Crippen molar-refractivity contribution < 1.29 is 14.0 Å². The maximum atomic E-state index is 12.5. The van der Waals surface area contributed by atoms with Crippen molar-refractivity contribution >= 4 is 33.4 Å². The Labute approximate surface area is 184 Å². The van der Waals surface area contributed by atoms with E-state index in [-0.39, 0.29) is 24.9 Å². The van der Waals surface area contributed by atoms with Gasteiger partial charge in [-0.05, 0) is 55.8 Å². The van der Waals surface area contributed by atoms with Crippen molar-refractivity contribution in [2.24, 2.45) is 0 Å². The van der Waals surface area contributed by atoms with E-state index in [0.717, 1.165) is 10.0 Å². The summed E-state index contributed by atoms with van der Waals surface area (Å²) in [6, 6.07) is 18.4. The minimum absolute atomic E-state index is 0.103. The molecule has 0 saturated heterocycles. The Kier molecular flexibility index (Phi) is 7.07. The summed E-state index contributed by atoms with van der Waals surface area (Å²) in [4.78, 5) is 25.1. The van der Waals surface area contributed by atoms with Gasteiger partial charge in [-0.15, -0.1) is 0 Å². The molecule has 7 heteroatoms. The molecule has 0 saturated carbocycles. The average molecular weight is 470 g/mol. The molecular weight excluding hydrogens is 446 g/mol. The summed E-state index contributed by atoms with van der Waals surface area (Å²) >= 11 is 3.43. The van der Waals surface area contributed by atoms with Crippen LogP contribution in [-0.4, -0.2) is 18.4 Å². The fourth-order valence-corrected chi connectivity index (χ4v) is 3.19. The van der Waals surface area contributed by atoms with E-state index in [1.165, 1.54) is 0 Å². The fraction of sp³-hybridized carbons (Fsp3) is 0.217. The molecule has 0 aliphatic rings. The molecule has 0 spiro atoms. The van der Waals surface area contributed by atoms with Crippen LogP contribution >= 0.6 is 15.9 Å². The molecule has 3 N–H and O–H groups in total. The molecule has 156 valence electrons. The normalized spacial score (nSPS) is 11.2. The highest BCUT2D eigenvalue weighted by Crippen LogP contribution is 2.22. The number of anilines is 1. The molecule has 0 radical (unpaired) electrons. The van der Waals surface area contributed by atoms with Gasteiger partial charge in [0.25, 0.3) is 5.91 Å². The summed E-state index contributed by atoms with van der Waals surface area (Å²) in [5.74, 6) is 0.140. The molecule has 0 aliphatic heterocycles. The summed E-state index contributed by atoms with van der Waals surface area (Å²) in [7, 11) is 0. The molecule has 3 rings (SSSR count). The standard InChI is InChI=1S/C23H24BrN3O3/c1-23(2,16-9-11-17(24)12-10-16)26-15-21(28)27-20-8-4-3-7-19(20)22(29)25-14-18-6-5-13-30-18/h3-13,26H,14-15H2,1-2H3,(H,25,29)(H,27,28). The SMILES string of the molecule is CC(C)(NCC(=O)Nc1ccccc1C(=O)NCc1ccco1)c1ccc(Br)cc1. The minimum atomic E-state index is -0.391. The second-order valence-electron chi connectivity index (χ2n) is 7.34. The van der Waals surface area contributed by atoms with E-state index >= 15 is 0 Å². The number of hydrogen-bond acceptors (Lipinski definition) is 4. The summed E-state index contributed by atoms with van der Waals surface area (Å²) in [6.07, 6.45) is 1.55. The molecule has 30 heavy (non-hydrogen) atoms. The van der Waals surface area contributed by atoms with Crippen LogP contribution < -0.4 is 16.0 Å². The number of hydrogen-bond donors (Lipinski definition) is 3. The van der Waals surface area contributed by atoms with Crippen molar-refractivity contribution in [2.45, 2.75) is 25.9 Å². The predicted octanol–water partition coefficient (Wildman–Crippen LogP) is 4.44. The lowest BCUT2D eigenvalue weighted by Gasteiger charge is -2.27. The Morgan fingerprint density at radius 3 is 2.43 bits per heavy atom. The van der Waals surface area contributed by atoms with Gasteiger partial charge in [-0.3, -0.25) is 14.9 Å². The van der Waals surface area contributed by atoms with Gasteiger partial charge in [-0.25, -0.2) is 0 Å². The van der Waals surface area contributed by atoms with Crippen LogP contribution in [0.25, 0.3) is 0 Å². The first-order valence-corrected chi connectivity index (χ1v) is 10.3. The van der Waals surface area contributed by atoms with E-state index in [0.29, 0.717) is 17.0 Å². The first-order chi connectivity index (χ1) is 14.3. The third-order valence-corrected chi connectivity index (χ3v) is 5.23. The maximum Gasteiger partial charge on any atom is 0.253 e. The molecule has 0 aliphatic carbocycles. The largest absolute Gasteiger partial charge is 0.467 e. The molecule has 0 fully saturated rings. The third kappa shape index (κ3) is 5.81. The van der Waals surface area contributed by atoms with Gasteiger partial charge in [0.2, 0.25) is 5.91 Å². The van der Waals surface area contributed by atoms with Gasteiger partial charge < -0.3 is 15.1 Å². The van der Waals surface area contributed by atoms with E-state index in [1.54, 1.807) is 42.7 Å². The van der Waals surface area contributed by atoms with E-state index in [9.17, 15) is 9.59 Å². The Morgan fingerprint density at radius 1 is 1.00 bits per heavy atom. The molecule has 0 bridgehead atoms. The highest BCUT2D eigenvalue weighted by atomic mass is 79.9. The Balaban J connectivity index is 1.59. The van der Waals surface area contributed by atoms with E-state index < -0.39 is 5.54 Å². The van der Waals surface area contributed by atoms with E-state index in [4.69, 9.17) is 4.42 Å². The van der Waals surface area contributed by atoms with Crippen LogP contribution in [0.5, 0.6) is 0 Å². The quantitative estimate of drug-likeness (QED) is 0.455. The van der Waals surface area contributed by atoms with Gasteiger partial charge in [-0.1, -0.05) is 40.2 Å². The number of halogens is 1. The third-order valence-electron chi connectivity index (χ3n) is 4.71. The van der Waals surface area contributed by atoms with Crippen LogP contribution in [0.4, 0.5) is 5.69 Å². The number of carbonyl (C=O) groups excluding carboxylic acids is 2. The molecule has 2 aromatic carbocycles. The van der Waals surface area contributed by atoms with Crippen LogP contribution in [0.3, 0.4) is 0 Å². The molecular formula is C23H24BrN3O3. The summed E-state index contributed by atoms with van der Waals surface area (Å²) < 4.78 is 6.23. The van der Waals surface area contributed by atoms with Gasteiger partial charge in [0.05, 0.1) is 30.6 Å². The van der Waals surface area contributed by atoms with Crippen LogP contribution in [-0.2, 0) is 16.9 Å². The second-order valence-corrected chi connectivity index (χ2v) is 8.26. The molecule has 0 unspecified atom stereocenters. The number of benzene rings is 2. The van der Waals surface area contributed by atoms with Crippen molar-refractivity contribution in [1.82, 2.24) is 10.6 Å². The van der Waals surface area contributed by atoms with Crippen LogP contribution in [0.1, 0.15) is 35.5 Å². The maximum absolute atomic E-state index is 12.5. The minimum Gasteiger partial charge on any atom is -0.467 e. The highest BCUT2D eigenvalue weighted by molar-refractivity contribution is 9.10. The Hall–Kier alpha value is -2.90.